The average Bonchev–Trinajstić information content (AvgIpc) is 2.29. The molecule has 1 unspecified atom stereocenters. The van der Waals surface area contributed by atoms with E-state index in [0.717, 1.165) is 19.6 Å². The lowest BCUT2D eigenvalue weighted by atomic mass is 10.2. The Bertz CT molecular complexity index is 327. The first kappa shape index (κ1) is 10.3. The number of nitrogens with zero attached hydrogens (tertiary/aromatic N) is 1. The van der Waals surface area contributed by atoms with Gasteiger partial charge in [0, 0.05) is 26.7 Å². The SMILES string of the molecule is COC(C)CN1CCNc2ccccc21. The highest BCUT2D eigenvalue weighted by Gasteiger charge is 2.17. The third-order valence-corrected chi connectivity index (χ3v) is 2.82. The number of hydrogen-bond donors (Lipinski definition) is 1. The molecule has 3 nitrogen and oxygen atoms in total. The van der Waals surface area contributed by atoms with Gasteiger partial charge in [-0.25, -0.2) is 0 Å². The zero-order chi connectivity index (χ0) is 10.7. The second-order valence-corrected chi connectivity index (χ2v) is 3.94. The van der Waals surface area contributed by atoms with Crippen LogP contribution in [0.4, 0.5) is 11.4 Å². The van der Waals surface area contributed by atoms with Crippen molar-refractivity contribution in [2.24, 2.45) is 0 Å². The molecule has 1 aromatic carbocycles. The molecule has 0 aromatic heterocycles. The van der Waals surface area contributed by atoms with Crippen molar-refractivity contribution in [2.45, 2.75) is 13.0 Å². The molecule has 0 spiro atoms. The fourth-order valence-electron chi connectivity index (χ4n) is 1.92. The summed E-state index contributed by atoms with van der Waals surface area (Å²) in [6, 6.07) is 8.42. The van der Waals surface area contributed by atoms with Crippen molar-refractivity contribution in [3.05, 3.63) is 24.3 Å². The van der Waals surface area contributed by atoms with Gasteiger partial charge in [0.1, 0.15) is 0 Å². The van der Waals surface area contributed by atoms with Gasteiger partial charge in [-0.05, 0) is 19.1 Å². The number of methoxy groups -OCH3 is 1. The molecule has 0 aliphatic carbocycles. The molecule has 1 aromatic rings. The molecule has 1 aliphatic heterocycles. The molecule has 0 radical (unpaired) electrons. The number of ether oxygens (including phenoxy) is 1. The molecule has 1 atom stereocenters. The van der Waals surface area contributed by atoms with Gasteiger partial charge in [-0.2, -0.15) is 0 Å². The second kappa shape index (κ2) is 4.53. The van der Waals surface area contributed by atoms with E-state index in [1.807, 2.05) is 0 Å². The molecular formula is C12H18N2O. The molecule has 3 heteroatoms. The minimum absolute atomic E-state index is 0.274. The highest BCUT2D eigenvalue weighted by molar-refractivity contribution is 5.71. The molecule has 2 rings (SSSR count). The van der Waals surface area contributed by atoms with Gasteiger partial charge in [-0.3, -0.25) is 0 Å². The molecule has 1 N–H and O–H groups in total. The van der Waals surface area contributed by atoms with Crippen LogP contribution in [-0.2, 0) is 4.74 Å². The Morgan fingerprint density at radius 2 is 2.27 bits per heavy atom. The summed E-state index contributed by atoms with van der Waals surface area (Å²) in [4.78, 5) is 2.38. The number of anilines is 2. The number of benzene rings is 1. The van der Waals surface area contributed by atoms with Gasteiger partial charge in [-0.1, -0.05) is 12.1 Å². The zero-order valence-corrected chi connectivity index (χ0v) is 9.36. The van der Waals surface area contributed by atoms with Crippen LogP contribution in [0.1, 0.15) is 6.92 Å². The Morgan fingerprint density at radius 3 is 3.07 bits per heavy atom. The quantitative estimate of drug-likeness (QED) is 0.818. The van der Waals surface area contributed by atoms with E-state index in [4.69, 9.17) is 4.74 Å². The van der Waals surface area contributed by atoms with E-state index in [1.165, 1.54) is 11.4 Å². The van der Waals surface area contributed by atoms with Crippen molar-refractivity contribution in [3.8, 4) is 0 Å². The van der Waals surface area contributed by atoms with Crippen LogP contribution in [0.3, 0.4) is 0 Å². The lowest BCUT2D eigenvalue weighted by molar-refractivity contribution is 0.123. The van der Waals surface area contributed by atoms with E-state index in [2.05, 4.69) is 41.4 Å². The van der Waals surface area contributed by atoms with Gasteiger partial charge < -0.3 is 15.0 Å². The molecular weight excluding hydrogens is 188 g/mol. The minimum atomic E-state index is 0.274. The van der Waals surface area contributed by atoms with Crippen LogP contribution in [0.2, 0.25) is 0 Å². The molecule has 15 heavy (non-hydrogen) atoms. The highest BCUT2D eigenvalue weighted by Crippen LogP contribution is 2.28. The largest absolute Gasteiger partial charge is 0.382 e. The Morgan fingerprint density at radius 1 is 1.47 bits per heavy atom. The van der Waals surface area contributed by atoms with Crippen LogP contribution in [0, 0.1) is 0 Å². The maximum atomic E-state index is 5.31. The van der Waals surface area contributed by atoms with Gasteiger partial charge in [0.25, 0.3) is 0 Å². The lowest BCUT2D eigenvalue weighted by Gasteiger charge is -2.33. The summed E-state index contributed by atoms with van der Waals surface area (Å²) in [5.74, 6) is 0. The molecule has 0 saturated carbocycles. The van der Waals surface area contributed by atoms with Crippen LogP contribution in [0.25, 0.3) is 0 Å². The molecule has 1 heterocycles. The van der Waals surface area contributed by atoms with Crippen molar-refractivity contribution in [1.29, 1.82) is 0 Å². The monoisotopic (exact) mass is 206 g/mol. The summed E-state index contributed by atoms with van der Waals surface area (Å²) in [6.07, 6.45) is 0.274. The van der Waals surface area contributed by atoms with Gasteiger partial charge in [0.2, 0.25) is 0 Å². The number of para-hydroxylation sites is 2. The van der Waals surface area contributed by atoms with E-state index in [9.17, 15) is 0 Å². The van der Waals surface area contributed by atoms with Gasteiger partial charge in [-0.15, -0.1) is 0 Å². The van der Waals surface area contributed by atoms with E-state index in [1.54, 1.807) is 7.11 Å². The summed E-state index contributed by atoms with van der Waals surface area (Å²) < 4.78 is 5.31. The average molecular weight is 206 g/mol. The molecule has 1 aliphatic rings. The van der Waals surface area contributed by atoms with E-state index >= 15 is 0 Å². The fourth-order valence-corrected chi connectivity index (χ4v) is 1.92. The third-order valence-electron chi connectivity index (χ3n) is 2.82. The van der Waals surface area contributed by atoms with Gasteiger partial charge in [0.15, 0.2) is 0 Å². The van der Waals surface area contributed by atoms with Crippen molar-refractivity contribution in [1.82, 2.24) is 0 Å². The number of hydrogen-bond acceptors (Lipinski definition) is 3. The smallest absolute Gasteiger partial charge is 0.0718 e. The summed E-state index contributed by atoms with van der Waals surface area (Å²) in [7, 11) is 1.76. The van der Waals surface area contributed by atoms with Crippen molar-refractivity contribution in [2.75, 3.05) is 37.0 Å². The first-order valence-corrected chi connectivity index (χ1v) is 5.42. The molecule has 0 amide bonds. The minimum Gasteiger partial charge on any atom is -0.382 e. The van der Waals surface area contributed by atoms with Gasteiger partial charge >= 0.3 is 0 Å². The zero-order valence-electron chi connectivity index (χ0n) is 9.36. The topological polar surface area (TPSA) is 24.5 Å². The number of rotatable bonds is 3. The maximum absolute atomic E-state index is 5.31. The van der Waals surface area contributed by atoms with Crippen LogP contribution in [0.5, 0.6) is 0 Å². The van der Waals surface area contributed by atoms with Crippen molar-refractivity contribution >= 4 is 11.4 Å². The Balaban J connectivity index is 2.15. The van der Waals surface area contributed by atoms with Gasteiger partial charge in [0.05, 0.1) is 17.5 Å². The fraction of sp³-hybridized carbons (Fsp3) is 0.500. The summed E-state index contributed by atoms with van der Waals surface area (Å²) in [5, 5.41) is 3.40. The Labute approximate surface area is 91.0 Å². The van der Waals surface area contributed by atoms with Crippen LogP contribution in [-0.4, -0.2) is 32.8 Å². The van der Waals surface area contributed by atoms with Crippen molar-refractivity contribution < 1.29 is 4.74 Å². The van der Waals surface area contributed by atoms with Crippen LogP contribution < -0.4 is 10.2 Å². The summed E-state index contributed by atoms with van der Waals surface area (Å²) >= 11 is 0. The third kappa shape index (κ3) is 2.23. The van der Waals surface area contributed by atoms with Crippen LogP contribution >= 0.6 is 0 Å². The first-order chi connectivity index (χ1) is 7.31. The lowest BCUT2D eigenvalue weighted by Crippen LogP contribution is -2.38. The summed E-state index contributed by atoms with van der Waals surface area (Å²) in [5.41, 5.74) is 2.51. The molecule has 0 bridgehead atoms. The predicted octanol–water partition coefficient (Wildman–Crippen LogP) is 1.95. The van der Waals surface area contributed by atoms with E-state index < -0.39 is 0 Å². The van der Waals surface area contributed by atoms with E-state index in [-0.39, 0.29) is 6.10 Å². The molecule has 0 saturated heterocycles. The van der Waals surface area contributed by atoms with E-state index in [0.29, 0.717) is 0 Å². The molecule has 82 valence electrons. The van der Waals surface area contributed by atoms with Crippen molar-refractivity contribution in [3.63, 3.8) is 0 Å². The first-order valence-electron chi connectivity index (χ1n) is 5.42. The maximum Gasteiger partial charge on any atom is 0.0718 e. The number of fused-ring (bicyclic) bond motifs is 1. The molecule has 0 fully saturated rings. The second-order valence-electron chi connectivity index (χ2n) is 3.94. The van der Waals surface area contributed by atoms with Crippen LogP contribution in [0.15, 0.2) is 24.3 Å². The standard InChI is InChI=1S/C12H18N2O/c1-10(15-2)9-14-8-7-13-11-5-3-4-6-12(11)14/h3-6,10,13H,7-9H2,1-2H3. The Hall–Kier alpha value is -1.22. The Kier molecular flexibility index (Phi) is 3.11. The normalized spacial score (nSPS) is 16.8. The summed E-state index contributed by atoms with van der Waals surface area (Å²) in [6.45, 7) is 5.11. The highest BCUT2D eigenvalue weighted by atomic mass is 16.5. The number of nitrogens with one attached hydrogen (secondary N) is 1. The predicted molar refractivity (Wildman–Crippen MR) is 63.6 cm³/mol.